The summed E-state index contributed by atoms with van der Waals surface area (Å²) in [6, 6.07) is 0. The van der Waals surface area contributed by atoms with Crippen LogP contribution in [0, 0.1) is 19.8 Å². The van der Waals surface area contributed by atoms with Gasteiger partial charge in [0.25, 0.3) is 0 Å². The second-order valence-electron chi connectivity index (χ2n) is 7.56. The molecule has 0 bridgehead atoms. The Morgan fingerprint density at radius 2 is 1.85 bits per heavy atom. The van der Waals surface area contributed by atoms with E-state index in [1.54, 1.807) is 0 Å². The van der Waals surface area contributed by atoms with Crippen molar-refractivity contribution in [2.45, 2.75) is 34.2 Å². The second-order valence-corrected chi connectivity index (χ2v) is 7.56. The Hall–Kier alpha value is -1.60. The van der Waals surface area contributed by atoms with Gasteiger partial charge in [0, 0.05) is 64.1 Å². The molecule has 0 saturated carbocycles. The summed E-state index contributed by atoms with van der Waals surface area (Å²) in [5.74, 6) is 1.48. The molecule has 148 valence electrons. The quantitative estimate of drug-likeness (QED) is 0.559. The summed E-state index contributed by atoms with van der Waals surface area (Å²) in [5.41, 5.74) is 3.47. The third-order valence-corrected chi connectivity index (χ3v) is 5.18. The van der Waals surface area contributed by atoms with Crippen LogP contribution in [0.25, 0.3) is 0 Å². The van der Waals surface area contributed by atoms with Crippen LogP contribution in [-0.4, -0.2) is 78.4 Å². The van der Waals surface area contributed by atoms with E-state index in [0.717, 1.165) is 31.3 Å². The number of rotatable bonds is 7. The molecule has 2 N–H and O–H groups in total. The summed E-state index contributed by atoms with van der Waals surface area (Å²) >= 11 is 0. The predicted molar refractivity (Wildman–Crippen MR) is 109 cm³/mol. The second kappa shape index (κ2) is 9.92. The summed E-state index contributed by atoms with van der Waals surface area (Å²) in [6.45, 7) is 16.9. The van der Waals surface area contributed by atoms with Crippen molar-refractivity contribution in [2.24, 2.45) is 18.0 Å². The summed E-state index contributed by atoms with van der Waals surface area (Å²) in [5, 5.41) is 11.3. The number of aryl methyl sites for hydroxylation is 2. The first kappa shape index (κ1) is 20.7. The van der Waals surface area contributed by atoms with Crippen LogP contribution in [0.1, 0.15) is 30.8 Å². The average Bonchev–Trinajstić information content (AvgIpc) is 2.85. The van der Waals surface area contributed by atoms with Crippen LogP contribution in [-0.2, 0) is 13.6 Å². The van der Waals surface area contributed by atoms with Gasteiger partial charge in [-0.1, -0.05) is 6.92 Å². The molecule has 1 unspecified atom stereocenters. The molecule has 1 aliphatic heterocycles. The highest BCUT2D eigenvalue weighted by atomic mass is 15.3. The Balaban J connectivity index is 1.84. The fourth-order valence-electron chi connectivity index (χ4n) is 3.35. The van der Waals surface area contributed by atoms with Crippen LogP contribution < -0.4 is 10.6 Å². The number of guanidine groups is 1. The minimum atomic E-state index is 0.587. The number of nitrogens with one attached hydrogen (secondary N) is 2. The molecule has 0 amide bonds. The molecule has 7 heteroatoms. The summed E-state index contributed by atoms with van der Waals surface area (Å²) in [7, 11) is 4.19. The normalized spacial score (nSPS) is 18.2. The van der Waals surface area contributed by atoms with Crippen molar-refractivity contribution in [2.75, 3.05) is 52.9 Å². The molecule has 0 aromatic carbocycles. The first-order valence-corrected chi connectivity index (χ1v) is 9.82. The van der Waals surface area contributed by atoms with E-state index in [4.69, 9.17) is 4.99 Å². The number of hydrogen-bond donors (Lipinski definition) is 2. The highest BCUT2D eigenvalue weighted by molar-refractivity contribution is 5.79. The fraction of sp³-hybridized carbons (Fsp3) is 0.789. The lowest BCUT2D eigenvalue weighted by molar-refractivity contribution is 0.139. The largest absolute Gasteiger partial charge is 0.357 e. The van der Waals surface area contributed by atoms with Crippen molar-refractivity contribution in [3.8, 4) is 0 Å². The van der Waals surface area contributed by atoms with Crippen LogP contribution in [0.4, 0.5) is 0 Å². The van der Waals surface area contributed by atoms with E-state index in [-0.39, 0.29) is 0 Å². The summed E-state index contributed by atoms with van der Waals surface area (Å²) in [6.07, 6.45) is 0. The highest BCUT2D eigenvalue weighted by Gasteiger charge is 2.16. The van der Waals surface area contributed by atoms with E-state index in [1.165, 1.54) is 37.4 Å². The van der Waals surface area contributed by atoms with E-state index in [9.17, 15) is 0 Å². The first-order chi connectivity index (χ1) is 12.4. The summed E-state index contributed by atoms with van der Waals surface area (Å²) in [4.78, 5) is 9.74. The van der Waals surface area contributed by atoms with Gasteiger partial charge in [-0.25, -0.2) is 4.99 Å². The Morgan fingerprint density at radius 3 is 2.42 bits per heavy atom. The van der Waals surface area contributed by atoms with Crippen molar-refractivity contribution >= 4 is 5.96 Å². The van der Waals surface area contributed by atoms with Crippen LogP contribution in [0.15, 0.2) is 4.99 Å². The molecule has 1 atom stereocenters. The SMILES string of the molecule is CCNC(=NCc1c(C)nn(C)c1C)NCC(C)CN1CCN(C)CC1. The minimum absolute atomic E-state index is 0.587. The monoisotopic (exact) mass is 363 g/mol. The Bertz CT molecular complexity index is 585. The van der Waals surface area contributed by atoms with Crippen molar-refractivity contribution in [3.05, 3.63) is 17.0 Å². The van der Waals surface area contributed by atoms with E-state index >= 15 is 0 Å². The molecule has 1 fully saturated rings. The van der Waals surface area contributed by atoms with E-state index < -0.39 is 0 Å². The molecular formula is C19H37N7. The Morgan fingerprint density at radius 1 is 1.15 bits per heavy atom. The van der Waals surface area contributed by atoms with E-state index in [2.05, 4.69) is 60.3 Å². The lowest BCUT2D eigenvalue weighted by atomic mass is 10.1. The average molecular weight is 364 g/mol. The van der Waals surface area contributed by atoms with Gasteiger partial charge in [-0.2, -0.15) is 5.10 Å². The smallest absolute Gasteiger partial charge is 0.191 e. The fourth-order valence-corrected chi connectivity index (χ4v) is 3.35. The van der Waals surface area contributed by atoms with Crippen LogP contribution >= 0.6 is 0 Å². The maximum Gasteiger partial charge on any atom is 0.191 e. The maximum atomic E-state index is 4.77. The van der Waals surface area contributed by atoms with Crippen LogP contribution in [0.3, 0.4) is 0 Å². The zero-order valence-corrected chi connectivity index (χ0v) is 17.5. The maximum absolute atomic E-state index is 4.77. The number of nitrogens with zero attached hydrogens (tertiary/aromatic N) is 5. The van der Waals surface area contributed by atoms with Crippen LogP contribution in [0.2, 0.25) is 0 Å². The minimum Gasteiger partial charge on any atom is -0.357 e. The van der Waals surface area contributed by atoms with Gasteiger partial charge >= 0.3 is 0 Å². The molecule has 0 spiro atoms. The number of aromatic nitrogens is 2. The Labute approximate surface area is 158 Å². The van der Waals surface area contributed by atoms with Crippen molar-refractivity contribution in [1.82, 2.24) is 30.2 Å². The molecule has 26 heavy (non-hydrogen) atoms. The predicted octanol–water partition coefficient (Wildman–Crippen LogP) is 0.976. The van der Waals surface area contributed by atoms with E-state index in [1.807, 2.05) is 11.7 Å². The zero-order chi connectivity index (χ0) is 19.1. The molecular weight excluding hydrogens is 326 g/mol. The molecule has 1 aromatic rings. The standard InChI is InChI=1S/C19H37N7/c1-7-20-19(22-13-18-16(3)23-25(6)17(18)4)21-12-15(2)14-26-10-8-24(5)9-11-26/h15H,7-14H2,1-6H3,(H2,20,21,22). The highest BCUT2D eigenvalue weighted by Crippen LogP contribution is 2.12. The van der Waals surface area contributed by atoms with Crippen LogP contribution in [0.5, 0.6) is 0 Å². The van der Waals surface area contributed by atoms with Crippen molar-refractivity contribution in [3.63, 3.8) is 0 Å². The molecule has 1 aromatic heterocycles. The number of aliphatic imine (C=N–C) groups is 1. The van der Waals surface area contributed by atoms with Gasteiger partial charge in [0.1, 0.15) is 0 Å². The molecule has 7 nitrogen and oxygen atoms in total. The molecule has 2 rings (SSSR count). The zero-order valence-electron chi connectivity index (χ0n) is 17.5. The molecule has 1 saturated heterocycles. The lowest BCUT2D eigenvalue weighted by Gasteiger charge is -2.34. The third-order valence-electron chi connectivity index (χ3n) is 5.18. The Kier molecular flexibility index (Phi) is 7.90. The third kappa shape index (κ3) is 5.99. The van der Waals surface area contributed by atoms with E-state index in [0.29, 0.717) is 12.5 Å². The summed E-state index contributed by atoms with van der Waals surface area (Å²) < 4.78 is 1.93. The van der Waals surface area contributed by atoms with Crippen molar-refractivity contribution < 1.29 is 0 Å². The van der Waals surface area contributed by atoms with Gasteiger partial charge in [0.15, 0.2) is 5.96 Å². The topological polar surface area (TPSA) is 60.7 Å². The van der Waals surface area contributed by atoms with Gasteiger partial charge in [-0.05, 0) is 33.7 Å². The van der Waals surface area contributed by atoms with Gasteiger partial charge in [0.2, 0.25) is 0 Å². The number of piperazine rings is 1. The first-order valence-electron chi connectivity index (χ1n) is 9.82. The van der Waals surface area contributed by atoms with Crippen molar-refractivity contribution in [1.29, 1.82) is 0 Å². The van der Waals surface area contributed by atoms with Gasteiger partial charge in [-0.3, -0.25) is 4.68 Å². The molecule has 0 aliphatic carbocycles. The lowest BCUT2D eigenvalue weighted by Crippen LogP contribution is -2.47. The molecule has 2 heterocycles. The van der Waals surface area contributed by atoms with Gasteiger partial charge in [-0.15, -0.1) is 0 Å². The molecule has 1 aliphatic rings. The van der Waals surface area contributed by atoms with Gasteiger partial charge < -0.3 is 20.4 Å². The molecule has 0 radical (unpaired) electrons. The van der Waals surface area contributed by atoms with Gasteiger partial charge in [0.05, 0.1) is 12.2 Å². The number of likely N-dealkylation sites (N-methyl/N-ethyl adjacent to an activating group) is 1. The number of hydrogen-bond acceptors (Lipinski definition) is 4.